The van der Waals surface area contributed by atoms with Crippen LogP contribution in [0.25, 0.3) is 5.57 Å². The van der Waals surface area contributed by atoms with E-state index in [1.54, 1.807) is 0 Å². The van der Waals surface area contributed by atoms with Crippen molar-refractivity contribution < 1.29 is 5.11 Å². The fourth-order valence-electron chi connectivity index (χ4n) is 3.45. The van der Waals surface area contributed by atoms with Crippen LogP contribution in [0, 0.1) is 25.7 Å². The number of phenols is 1. The molecule has 0 bridgehead atoms. The molecule has 0 aromatic heterocycles. The normalized spacial score (nSPS) is 24.5. The number of rotatable bonds is 1. The summed E-state index contributed by atoms with van der Waals surface area (Å²) < 4.78 is 0. The minimum Gasteiger partial charge on any atom is -0.508 e. The summed E-state index contributed by atoms with van der Waals surface area (Å²) in [5.41, 5.74) is 6.41. The van der Waals surface area contributed by atoms with E-state index < -0.39 is 0 Å². The zero-order chi connectivity index (χ0) is 14.2. The van der Waals surface area contributed by atoms with Crippen LogP contribution in [0.15, 0.2) is 17.7 Å². The zero-order valence-electron chi connectivity index (χ0n) is 12.9. The van der Waals surface area contributed by atoms with E-state index in [2.05, 4.69) is 33.8 Å². The Morgan fingerprint density at radius 1 is 1.05 bits per heavy atom. The molecule has 0 fully saturated rings. The summed E-state index contributed by atoms with van der Waals surface area (Å²) in [5, 5.41) is 10.1. The Kier molecular flexibility index (Phi) is 4.03. The van der Waals surface area contributed by atoms with Gasteiger partial charge in [-0.2, -0.15) is 0 Å². The van der Waals surface area contributed by atoms with Crippen molar-refractivity contribution in [2.75, 3.05) is 0 Å². The number of phenolic OH excluding ortho intramolecular Hbond substituents is 1. The van der Waals surface area contributed by atoms with Crippen LogP contribution >= 0.6 is 0 Å². The highest BCUT2D eigenvalue weighted by Crippen LogP contribution is 2.40. The van der Waals surface area contributed by atoms with Gasteiger partial charge >= 0.3 is 0 Å². The van der Waals surface area contributed by atoms with E-state index in [-0.39, 0.29) is 0 Å². The van der Waals surface area contributed by atoms with Crippen LogP contribution < -0.4 is 0 Å². The molecule has 1 N–H and O–H groups in total. The molecule has 0 saturated heterocycles. The molecule has 0 spiro atoms. The first-order chi connectivity index (χ1) is 8.90. The minimum atomic E-state index is 0.430. The van der Waals surface area contributed by atoms with Crippen LogP contribution in [0.3, 0.4) is 0 Å². The van der Waals surface area contributed by atoms with E-state index in [1.807, 2.05) is 13.0 Å². The molecular weight excluding hydrogens is 232 g/mol. The second-order valence-electron chi connectivity index (χ2n) is 6.44. The molecule has 1 aliphatic rings. The highest BCUT2D eigenvalue weighted by Gasteiger charge is 2.22. The number of hydrogen-bond acceptors (Lipinski definition) is 1. The van der Waals surface area contributed by atoms with Crippen molar-refractivity contribution in [3.8, 4) is 5.75 Å². The summed E-state index contributed by atoms with van der Waals surface area (Å²) in [7, 11) is 0. The Morgan fingerprint density at radius 3 is 2.42 bits per heavy atom. The van der Waals surface area contributed by atoms with Gasteiger partial charge in [-0.05, 0) is 80.2 Å². The van der Waals surface area contributed by atoms with Gasteiger partial charge in [0.2, 0.25) is 0 Å². The molecule has 1 heteroatoms. The van der Waals surface area contributed by atoms with Gasteiger partial charge in [-0.25, -0.2) is 0 Å². The van der Waals surface area contributed by atoms with E-state index >= 15 is 0 Å². The molecule has 0 heterocycles. The van der Waals surface area contributed by atoms with Gasteiger partial charge in [0.15, 0.2) is 0 Å². The van der Waals surface area contributed by atoms with Gasteiger partial charge in [0.05, 0.1) is 0 Å². The van der Waals surface area contributed by atoms with Gasteiger partial charge in [0.1, 0.15) is 5.75 Å². The summed E-state index contributed by atoms with van der Waals surface area (Å²) >= 11 is 0. The highest BCUT2D eigenvalue weighted by molar-refractivity contribution is 5.74. The molecule has 1 aromatic carbocycles. The van der Waals surface area contributed by atoms with Crippen LogP contribution in [-0.4, -0.2) is 5.11 Å². The Hall–Kier alpha value is -1.24. The van der Waals surface area contributed by atoms with Crippen molar-refractivity contribution >= 4 is 5.57 Å². The van der Waals surface area contributed by atoms with E-state index in [9.17, 15) is 5.11 Å². The Labute approximate surface area is 117 Å². The standard InChI is InChI=1S/C18H26O/c1-11-6-7-13(3)18(14(4)8-11)16-9-12(2)10-17(19)15(16)5/h9-11,13,19H,6-8H2,1-5H3. The molecule has 0 amide bonds. The summed E-state index contributed by atoms with van der Waals surface area (Å²) in [6.45, 7) is 11.0. The predicted molar refractivity (Wildman–Crippen MR) is 82.4 cm³/mol. The third-order valence-electron chi connectivity index (χ3n) is 4.51. The summed E-state index contributed by atoms with van der Waals surface area (Å²) in [6, 6.07) is 4.10. The molecule has 2 unspecified atom stereocenters. The van der Waals surface area contributed by atoms with Gasteiger partial charge in [0, 0.05) is 0 Å². The number of aromatic hydroxyl groups is 1. The maximum atomic E-state index is 10.1. The minimum absolute atomic E-state index is 0.430. The van der Waals surface area contributed by atoms with E-state index in [4.69, 9.17) is 0 Å². The van der Waals surface area contributed by atoms with Gasteiger partial charge in [-0.3, -0.25) is 0 Å². The average Bonchev–Trinajstić information content (AvgIpc) is 2.44. The molecule has 0 saturated carbocycles. The third-order valence-corrected chi connectivity index (χ3v) is 4.51. The summed E-state index contributed by atoms with van der Waals surface area (Å²) in [4.78, 5) is 0. The fourth-order valence-corrected chi connectivity index (χ4v) is 3.45. The smallest absolute Gasteiger partial charge is 0.119 e. The molecule has 1 aliphatic carbocycles. The Morgan fingerprint density at radius 2 is 1.74 bits per heavy atom. The first-order valence-corrected chi connectivity index (χ1v) is 7.40. The van der Waals surface area contributed by atoms with Gasteiger partial charge < -0.3 is 5.11 Å². The van der Waals surface area contributed by atoms with Gasteiger partial charge in [-0.1, -0.05) is 25.5 Å². The first-order valence-electron chi connectivity index (χ1n) is 7.40. The maximum Gasteiger partial charge on any atom is 0.119 e. The number of aryl methyl sites for hydroxylation is 1. The Bertz CT molecular complexity index is 511. The van der Waals surface area contributed by atoms with Crippen molar-refractivity contribution in [1.82, 2.24) is 0 Å². The molecule has 0 aliphatic heterocycles. The Balaban J connectivity index is 2.58. The van der Waals surface area contributed by atoms with Crippen LogP contribution in [0.1, 0.15) is 56.7 Å². The number of benzene rings is 1. The number of allylic oxidation sites excluding steroid dienone is 2. The first kappa shape index (κ1) is 14.2. The van der Waals surface area contributed by atoms with Crippen LogP contribution in [-0.2, 0) is 0 Å². The van der Waals surface area contributed by atoms with Crippen LogP contribution in [0.4, 0.5) is 0 Å². The van der Waals surface area contributed by atoms with Crippen molar-refractivity contribution in [3.63, 3.8) is 0 Å². The molecule has 19 heavy (non-hydrogen) atoms. The molecule has 0 radical (unpaired) electrons. The number of hydrogen-bond donors (Lipinski definition) is 1. The molecule has 104 valence electrons. The highest BCUT2D eigenvalue weighted by atomic mass is 16.3. The lowest BCUT2D eigenvalue weighted by molar-refractivity contribution is 0.470. The molecule has 2 rings (SSSR count). The van der Waals surface area contributed by atoms with Crippen LogP contribution in [0.5, 0.6) is 5.75 Å². The molecule has 1 aromatic rings. The zero-order valence-corrected chi connectivity index (χ0v) is 12.9. The molecule has 2 atom stereocenters. The fraction of sp³-hybridized carbons (Fsp3) is 0.556. The predicted octanol–water partition coefficient (Wildman–Crippen LogP) is 5.24. The SMILES string of the molecule is CC1=C(c2cc(C)cc(O)c2C)C(C)CCC(C)C1. The maximum absolute atomic E-state index is 10.1. The average molecular weight is 258 g/mol. The lowest BCUT2D eigenvalue weighted by Gasteiger charge is -2.20. The second-order valence-corrected chi connectivity index (χ2v) is 6.44. The lowest BCUT2D eigenvalue weighted by atomic mass is 9.85. The summed E-state index contributed by atoms with van der Waals surface area (Å²) in [5.74, 6) is 1.79. The van der Waals surface area contributed by atoms with Crippen LogP contribution in [0.2, 0.25) is 0 Å². The van der Waals surface area contributed by atoms with Gasteiger partial charge in [0.25, 0.3) is 0 Å². The van der Waals surface area contributed by atoms with Crippen molar-refractivity contribution in [3.05, 3.63) is 34.4 Å². The molecular formula is C18H26O. The van der Waals surface area contributed by atoms with Gasteiger partial charge in [-0.15, -0.1) is 0 Å². The topological polar surface area (TPSA) is 20.2 Å². The third kappa shape index (κ3) is 2.86. The van der Waals surface area contributed by atoms with Crippen molar-refractivity contribution in [1.29, 1.82) is 0 Å². The lowest BCUT2D eigenvalue weighted by Crippen LogP contribution is -2.02. The van der Waals surface area contributed by atoms with Crippen molar-refractivity contribution in [2.24, 2.45) is 11.8 Å². The van der Waals surface area contributed by atoms with Crippen molar-refractivity contribution in [2.45, 2.75) is 53.9 Å². The second kappa shape index (κ2) is 5.40. The van der Waals surface area contributed by atoms with E-state index in [1.165, 1.54) is 36.0 Å². The largest absolute Gasteiger partial charge is 0.508 e. The molecule has 1 nitrogen and oxygen atoms in total. The summed E-state index contributed by atoms with van der Waals surface area (Å²) in [6.07, 6.45) is 3.74. The quantitative estimate of drug-likeness (QED) is 0.730. The van der Waals surface area contributed by atoms with E-state index in [0.29, 0.717) is 11.7 Å². The monoisotopic (exact) mass is 258 g/mol. The van der Waals surface area contributed by atoms with E-state index in [0.717, 1.165) is 17.0 Å².